The molecule has 4 heterocycles. The quantitative estimate of drug-likeness (QED) is 0.345. The lowest BCUT2D eigenvalue weighted by Crippen LogP contribution is -2.23. The number of halogens is 3. The Morgan fingerprint density at radius 2 is 2.03 bits per heavy atom. The van der Waals surface area contributed by atoms with Gasteiger partial charge in [-0.2, -0.15) is 17.5 Å². The van der Waals surface area contributed by atoms with E-state index < -0.39 is 17.8 Å². The molecule has 4 rings (SSSR count). The Hall–Kier alpha value is -3.36. The van der Waals surface area contributed by atoms with Crippen LogP contribution >= 0.6 is 11.5 Å². The first kappa shape index (κ1) is 26.7. The van der Waals surface area contributed by atoms with Gasteiger partial charge in [-0.05, 0) is 43.8 Å². The highest BCUT2D eigenvalue weighted by Gasteiger charge is 2.32. The number of anilines is 3. The first-order valence-corrected chi connectivity index (χ1v) is 12.3. The molecular formula is C23H25F3N6O4S. The number of carbonyl (C=O) groups excluding carboxylic acids is 1. The number of amides is 1. The number of nitrogens with one attached hydrogen (secondary N) is 2. The molecule has 1 aliphatic rings. The molecule has 0 aliphatic carbocycles. The standard InChI is InChI=1S/C23H25F3N6O4S/c1-14-20(22(37-32-14)31-17-13-27-16(12-28-17)23(24,25)26)21(33)30-15-6-7-18(29-11-15)34-9-4-10-36-19-5-2-3-8-35-19/h6-7,11-13,19H,2-5,8-10H2,1H3,(H,28,31)(H,30,33). The van der Waals surface area contributed by atoms with Crippen LogP contribution in [-0.4, -0.2) is 51.3 Å². The number of nitrogens with zero attached hydrogens (tertiary/aromatic N) is 4. The lowest BCUT2D eigenvalue weighted by atomic mass is 10.2. The average molecular weight is 539 g/mol. The van der Waals surface area contributed by atoms with Crippen LogP contribution in [0.2, 0.25) is 0 Å². The Balaban J connectivity index is 1.27. The van der Waals surface area contributed by atoms with E-state index in [4.69, 9.17) is 14.2 Å². The zero-order valence-electron chi connectivity index (χ0n) is 19.9. The van der Waals surface area contributed by atoms with Crippen molar-refractivity contribution in [3.8, 4) is 5.88 Å². The van der Waals surface area contributed by atoms with Gasteiger partial charge in [0.2, 0.25) is 5.88 Å². The van der Waals surface area contributed by atoms with Gasteiger partial charge < -0.3 is 24.8 Å². The van der Waals surface area contributed by atoms with Gasteiger partial charge >= 0.3 is 6.18 Å². The maximum atomic E-state index is 12.9. The number of rotatable bonds is 10. The van der Waals surface area contributed by atoms with Crippen molar-refractivity contribution in [2.24, 2.45) is 0 Å². The zero-order chi connectivity index (χ0) is 26.3. The summed E-state index contributed by atoms with van der Waals surface area (Å²) in [6.07, 6.45) is 2.08. The van der Waals surface area contributed by atoms with Crippen molar-refractivity contribution in [3.63, 3.8) is 0 Å². The molecule has 14 heteroatoms. The normalized spacial score (nSPS) is 15.8. The van der Waals surface area contributed by atoms with Crippen LogP contribution in [0.15, 0.2) is 30.7 Å². The maximum Gasteiger partial charge on any atom is 0.434 e. The predicted molar refractivity (Wildman–Crippen MR) is 129 cm³/mol. The van der Waals surface area contributed by atoms with E-state index in [0.717, 1.165) is 43.6 Å². The van der Waals surface area contributed by atoms with Crippen molar-refractivity contribution < 1.29 is 32.2 Å². The predicted octanol–water partition coefficient (Wildman–Crippen LogP) is 4.96. The molecule has 10 nitrogen and oxygen atoms in total. The third-order valence-corrected chi connectivity index (χ3v) is 6.10. The Morgan fingerprint density at radius 3 is 2.70 bits per heavy atom. The van der Waals surface area contributed by atoms with Crippen LogP contribution in [0.4, 0.5) is 29.7 Å². The fourth-order valence-electron chi connectivity index (χ4n) is 3.40. The van der Waals surface area contributed by atoms with Crippen molar-refractivity contribution in [2.75, 3.05) is 30.5 Å². The van der Waals surface area contributed by atoms with Crippen molar-refractivity contribution >= 4 is 33.9 Å². The van der Waals surface area contributed by atoms with E-state index in [1.807, 2.05) is 0 Å². The van der Waals surface area contributed by atoms with E-state index in [2.05, 4.69) is 30.0 Å². The Kier molecular flexibility index (Phi) is 8.84. The molecule has 0 radical (unpaired) electrons. The summed E-state index contributed by atoms with van der Waals surface area (Å²) < 4.78 is 59.1. The van der Waals surface area contributed by atoms with Gasteiger partial charge in [-0.15, -0.1) is 0 Å². The van der Waals surface area contributed by atoms with Gasteiger partial charge in [0.05, 0.1) is 48.7 Å². The molecule has 0 saturated carbocycles. The van der Waals surface area contributed by atoms with Gasteiger partial charge in [0, 0.05) is 19.1 Å². The summed E-state index contributed by atoms with van der Waals surface area (Å²) in [7, 11) is 0. The fourth-order valence-corrected chi connectivity index (χ4v) is 4.21. The second-order valence-electron chi connectivity index (χ2n) is 8.09. The van der Waals surface area contributed by atoms with Gasteiger partial charge in [-0.1, -0.05) is 0 Å². The monoisotopic (exact) mass is 538 g/mol. The highest BCUT2D eigenvalue weighted by Crippen LogP contribution is 2.30. The van der Waals surface area contributed by atoms with Crippen molar-refractivity contribution in [2.45, 2.75) is 45.1 Å². The third kappa shape index (κ3) is 7.57. The van der Waals surface area contributed by atoms with E-state index >= 15 is 0 Å². The second kappa shape index (κ2) is 12.3. The number of aromatic nitrogens is 4. The van der Waals surface area contributed by atoms with Crippen molar-refractivity contribution in [1.29, 1.82) is 0 Å². The maximum absolute atomic E-state index is 12.9. The van der Waals surface area contributed by atoms with E-state index in [0.29, 0.717) is 48.1 Å². The van der Waals surface area contributed by atoms with Crippen LogP contribution in [0, 0.1) is 6.92 Å². The van der Waals surface area contributed by atoms with Crippen molar-refractivity contribution in [1.82, 2.24) is 19.3 Å². The molecular weight excluding hydrogens is 513 g/mol. The van der Waals surface area contributed by atoms with Gasteiger partial charge in [-0.3, -0.25) is 4.79 Å². The highest BCUT2D eigenvalue weighted by atomic mass is 32.1. The number of aryl methyl sites for hydroxylation is 1. The fraction of sp³-hybridized carbons (Fsp3) is 0.435. The topological polar surface area (TPSA) is 120 Å². The van der Waals surface area contributed by atoms with Crippen LogP contribution in [0.5, 0.6) is 5.88 Å². The number of alkyl halides is 3. The molecule has 198 valence electrons. The molecule has 1 amide bonds. The molecule has 2 N–H and O–H groups in total. The molecule has 0 bridgehead atoms. The van der Waals surface area contributed by atoms with Crippen LogP contribution in [0.1, 0.15) is 47.4 Å². The lowest BCUT2D eigenvalue weighted by molar-refractivity contribution is -0.163. The van der Waals surface area contributed by atoms with Crippen LogP contribution in [-0.2, 0) is 15.7 Å². The molecule has 0 spiro atoms. The second-order valence-corrected chi connectivity index (χ2v) is 8.86. The average Bonchev–Trinajstić information content (AvgIpc) is 3.25. The molecule has 37 heavy (non-hydrogen) atoms. The Bertz CT molecular complexity index is 1170. The van der Waals surface area contributed by atoms with Gasteiger partial charge in [0.25, 0.3) is 5.91 Å². The minimum Gasteiger partial charge on any atom is -0.478 e. The zero-order valence-corrected chi connectivity index (χ0v) is 20.7. The minimum atomic E-state index is -4.59. The molecule has 1 saturated heterocycles. The largest absolute Gasteiger partial charge is 0.478 e. The summed E-state index contributed by atoms with van der Waals surface area (Å²) in [5.74, 6) is -0.0137. The summed E-state index contributed by atoms with van der Waals surface area (Å²) in [6.45, 7) is 3.34. The summed E-state index contributed by atoms with van der Waals surface area (Å²) in [5.41, 5.74) is -0.00703. The van der Waals surface area contributed by atoms with Crippen LogP contribution in [0.3, 0.4) is 0 Å². The molecule has 0 aromatic carbocycles. The van der Waals surface area contributed by atoms with Gasteiger partial charge in [0.1, 0.15) is 10.8 Å². The number of hydrogen-bond donors (Lipinski definition) is 2. The number of pyridine rings is 1. The number of hydrogen-bond acceptors (Lipinski definition) is 10. The minimum absolute atomic E-state index is 0.0468. The highest BCUT2D eigenvalue weighted by molar-refractivity contribution is 7.10. The van der Waals surface area contributed by atoms with E-state index in [1.165, 1.54) is 6.20 Å². The smallest absolute Gasteiger partial charge is 0.434 e. The summed E-state index contributed by atoms with van der Waals surface area (Å²) in [4.78, 5) is 24.2. The molecule has 1 fully saturated rings. The summed E-state index contributed by atoms with van der Waals surface area (Å²) >= 11 is 0.978. The Labute approximate surface area is 214 Å². The van der Waals surface area contributed by atoms with E-state index in [1.54, 1.807) is 19.1 Å². The van der Waals surface area contributed by atoms with Crippen molar-refractivity contribution in [3.05, 3.63) is 47.7 Å². The van der Waals surface area contributed by atoms with E-state index in [9.17, 15) is 18.0 Å². The number of carbonyl (C=O) groups is 1. The molecule has 3 aromatic rings. The first-order chi connectivity index (χ1) is 17.8. The van der Waals surface area contributed by atoms with Crippen LogP contribution < -0.4 is 15.4 Å². The first-order valence-electron chi connectivity index (χ1n) is 11.6. The van der Waals surface area contributed by atoms with Gasteiger partial charge in [-0.25, -0.2) is 15.0 Å². The SMILES string of the molecule is Cc1nsc(Nc2cnc(C(F)(F)F)cn2)c1C(=O)Nc1ccc(OCCCOC2CCCCO2)nc1. The lowest BCUT2D eigenvalue weighted by Gasteiger charge is -2.22. The Morgan fingerprint density at radius 1 is 1.16 bits per heavy atom. The third-order valence-electron chi connectivity index (χ3n) is 5.25. The van der Waals surface area contributed by atoms with Crippen LogP contribution in [0.25, 0.3) is 0 Å². The molecule has 3 aromatic heterocycles. The van der Waals surface area contributed by atoms with E-state index in [-0.39, 0.29) is 17.7 Å². The molecule has 1 aliphatic heterocycles. The molecule has 1 unspecified atom stereocenters. The molecule has 1 atom stereocenters. The summed E-state index contributed by atoms with van der Waals surface area (Å²) in [5, 5.41) is 5.85. The number of ether oxygens (including phenoxy) is 3. The van der Waals surface area contributed by atoms with Gasteiger partial charge in [0.15, 0.2) is 12.0 Å². The summed E-state index contributed by atoms with van der Waals surface area (Å²) in [6, 6.07) is 3.28.